The fraction of sp³-hybridized carbons (Fsp3) is 0.200. The fourth-order valence-electron chi connectivity index (χ4n) is 2.08. The Morgan fingerprint density at radius 2 is 1.65 bits per heavy atom. The molecule has 2 nitrogen and oxygen atoms in total. The van der Waals surface area contributed by atoms with Crippen LogP contribution in [0, 0.1) is 13.8 Å². The molecule has 0 saturated carbocycles. The van der Waals surface area contributed by atoms with E-state index >= 15 is 0 Å². The van der Waals surface area contributed by atoms with Crippen molar-refractivity contribution in [2.45, 2.75) is 20.8 Å². The van der Waals surface area contributed by atoms with Crippen LogP contribution in [0.3, 0.4) is 0 Å². The maximum absolute atomic E-state index is 12.1. The molecule has 0 bridgehead atoms. The summed E-state index contributed by atoms with van der Waals surface area (Å²) in [5, 5.41) is 0. The molecule has 0 saturated heterocycles. The summed E-state index contributed by atoms with van der Waals surface area (Å²) < 4.78 is 0. The zero-order chi connectivity index (χ0) is 12.7. The SMILES string of the molecule is C=C(C)C1=Cc2c(C)ccc(C)c2C(=O)C1=O. The number of fused-ring (bicyclic) bond motifs is 1. The summed E-state index contributed by atoms with van der Waals surface area (Å²) in [5.41, 5.74) is 4.31. The second-order valence-corrected chi connectivity index (χ2v) is 4.48. The van der Waals surface area contributed by atoms with Crippen LogP contribution < -0.4 is 0 Å². The first kappa shape index (κ1) is 11.5. The van der Waals surface area contributed by atoms with Crippen LogP contribution in [0.4, 0.5) is 0 Å². The van der Waals surface area contributed by atoms with Crippen LogP contribution in [0.25, 0.3) is 6.08 Å². The monoisotopic (exact) mass is 226 g/mol. The van der Waals surface area contributed by atoms with Gasteiger partial charge in [-0.3, -0.25) is 9.59 Å². The molecule has 1 aromatic carbocycles. The maximum Gasteiger partial charge on any atom is 0.234 e. The Hall–Kier alpha value is -1.96. The predicted octanol–water partition coefficient (Wildman–Crippen LogP) is 3.03. The highest BCUT2D eigenvalue weighted by Gasteiger charge is 2.29. The molecule has 0 radical (unpaired) electrons. The summed E-state index contributed by atoms with van der Waals surface area (Å²) in [6.45, 7) is 9.28. The van der Waals surface area contributed by atoms with Gasteiger partial charge in [0.15, 0.2) is 0 Å². The standard InChI is InChI=1S/C15H14O2/c1-8(2)11-7-12-9(3)5-6-10(4)13(12)15(17)14(11)16/h5-7H,1H2,2-4H3. The first-order chi connectivity index (χ1) is 7.93. The van der Waals surface area contributed by atoms with Gasteiger partial charge >= 0.3 is 0 Å². The van der Waals surface area contributed by atoms with Gasteiger partial charge in [-0.15, -0.1) is 0 Å². The van der Waals surface area contributed by atoms with Gasteiger partial charge in [-0.25, -0.2) is 0 Å². The van der Waals surface area contributed by atoms with E-state index in [4.69, 9.17) is 0 Å². The van der Waals surface area contributed by atoms with Crippen molar-refractivity contribution in [3.05, 3.63) is 52.1 Å². The minimum absolute atomic E-state index is 0.415. The van der Waals surface area contributed by atoms with Crippen LogP contribution in [-0.4, -0.2) is 11.6 Å². The number of carbonyl (C=O) groups excluding carboxylic acids is 2. The molecule has 0 amide bonds. The van der Waals surface area contributed by atoms with Gasteiger partial charge in [0.2, 0.25) is 11.6 Å². The Morgan fingerprint density at radius 1 is 1.06 bits per heavy atom. The molecule has 0 aliphatic heterocycles. The summed E-state index contributed by atoms with van der Waals surface area (Å²) in [6, 6.07) is 3.84. The van der Waals surface area contributed by atoms with Crippen molar-refractivity contribution < 1.29 is 9.59 Å². The third-order valence-electron chi connectivity index (χ3n) is 3.10. The van der Waals surface area contributed by atoms with Crippen molar-refractivity contribution in [1.82, 2.24) is 0 Å². The minimum atomic E-state index is -0.446. The van der Waals surface area contributed by atoms with E-state index in [-0.39, 0.29) is 0 Å². The second-order valence-electron chi connectivity index (χ2n) is 4.48. The molecular weight excluding hydrogens is 212 g/mol. The zero-order valence-electron chi connectivity index (χ0n) is 10.3. The summed E-state index contributed by atoms with van der Waals surface area (Å²) in [7, 11) is 0. The lowest BCUT2D eigenvalue weighted by Crippen LogP contribution is -2.23. The van der Waals surface area contributed by atoms with Crippen molar-refractivity contribution in [1.29, 1.82) is 0 Å². The Morgan fingerprint density at radius 3 is 2.24 bits per heavy atom. The van der Waals surface area contributed by atoms with E-state index in [0.29, 0.717) is 16.7 Å². The molecule has 0 aromatic heterocycles. The van der Waals surface area contributed by atoms with Crippen LogP contribution >= 0.6 is 0 Å². The van der Waals surface area contributed by atoms with Gasteiger partial charge in [0, 0.05) is 11.1 Å². The lowest BCUT2D eigenvalue weighted by atomic mass is 9.83. The Labute approximate surface area is 101 Å². The van der Waals surface area contributed by atoms with Crippen molar-refractivity contribution in [3.63, 3.8) is 0 Å². The van der Waals surface area contributed by atoms with Gasteiger partial charge < -0.3 is 0 Å². The van der Waals surface area contributed by atoms with E-state index in [1.165, 1.54) is 0 Å². The van der Waals surface area contributed by atoms with E-state index < -0.39 is 11.6 Å². The smallest absolute Gasteiger partial charge is 0.234 e. The largest absolute Gasteiger partial charge is 0.285 e. The third kappa shape index (κ3) is 1.66. The van der Waals surface area contributed by atoms with E-state index in [2.05, 4.69) is 6.58 Å². The van der Waals surface area contributed by atoms with Crippen molar-refractivity contribution in [3.8, 4) is 0 Å². The fourth-order valence-corrected chi connectivity index (χ4v) is 2.08. The summed E-state index contributed by atoms with van der Waals surface area (Å²) >= 11 is 0. The molecule has 2 heteroatoms. The average Bonchev–Trinajstić information content (AvgIpc) is 2.27. The van der Waals surface area contributed by atoms with Crippen LogP contribution in [0.2, 0.25) is 0 Å². The number of aryl methyl sites for hydroxylation is 2. The molecule has 0 N–H and O–H groups in total. The number of rotatable bonds is 1. The molecule has 0 atom stereocenters. The number of ketones is 2. The number of carbonyl (C=O) groups is 2. The van der Waals surface area contributed by atoms with E-state index in [1.807, 2.05) is 26.0 Å². The van der Waals surface area contributed by atoms with Crippen LogP contribution in [-0.2, 0) is 4.79 Å². The van der Waals surface area contributed by atoms with Gasteiger partial charge in [-0.05, 0) is 49.1 Å². The minimum Gasteiger partial charge on any atom is -0.285 e. The number of hydrogen-bond donors (Lipinski definition) is 0. The van der Waals surface area contributed by atoms with Crippen molar-refractivity contribution >= 4 is 17.6 Å². The average molecular weight is 226 g/mol. The molecule has 0 heterocycles. The maximum atomic E-state index is 12.1. The molecule has 1 aromatic rings. The van der Waals surface area contributed by atoms with Crippen LogP contribution in [0.5, 0.6) is 0 Å². The number of allylic oxidation sites excluding steroid dienone is 2. The molecule has 0 spiro atoms. The molecule has 2 rings (SSSR count). The van der Waals surface area contributed by atoms with Gasteiger partial charge in [0.05, 0.1) is 0 Å². The lowest BCUT2D eigenvalue weighted by Gasteiger charge is -2.18. The molecule has 0 fully saturated rings. The zero-order valence-corrected chi connectivity index (χ0v) is 10.3. The Kier molecular flexibility index (Phi) is 2.58. The topological polar surface area (TPSA) is 34.1 Å². The van der Waals surface area contributed by atoms with Gasteiger partial charge in [0.25, 0.3) is 0 Å². The van der Waals surface area contributed by atoms with Crippen LogP contribution in [0.1, 0.15) is 34.0 Å². The normalized spacial score (nSPS) is 14.4. The van der Waals surface area contributed by atoms with Gasteiger partial charge in [-0.2, -0.15) is 0 Å². The number of benzene rings is 1. The van der Waals surface area contributed by atoms with E-state index in [0.717, 1.165) is 16.7 Å². The molecule has 1 aliphatic carbocycles. The van der Waals surface area contributed by atoms with Gasteiger partial charge in [0.1, 0.15) is 0 Å². The molecule has 1 aliphatic rings. The third-order valence-corrected chi connectivity index (χ3v) is 3.10. The second kappa shape index (κ2) is 3.81. The molecule has 0 unspecified atom stereocenters. The summed E-state index contributed by atoms with van der Waals surface area (Å²) in [6.07, 6.45) is 1.78. The highest BCUT2D eigenvalue weighted by molar-refractivity contribution is 6.53. The van der Waals surface area contributed by atoms with Crippen molar-refractivity contribution in [2.24, 2.45) is 0 Å². The Balaban J connectivity index is 2.81. The van der Waals surface area contributed by atoms with E-state index in [1.54, 1.807) is 13.0 Å². The Bertz CT molecular complexity index is 589. The van der Waals surface area contributed by atoms with Gasteiger partial charge in [-0.1, -0.05) is 18.7 Å². The number of hydrogen-bond acceptors (Lipinski definition) is 2. The quantitative estimate of drug-likeness (QED) is 0.690. The molecule has 17 heavy (non-hydrogen) atoms. The first-order valence-corrected chi connectivity index (χ1v) is 5.50. The first-order valence-electron chi connectivity index (χ1n) is 5.50. The highest BCUT2D eigenvalue weighted by atomic mass is 16.2. The molecule has 86 valence electrons. The summed E-state index contributed by atoms with van der Waals surface area (Å²) in [4.78, 5) is 24.0. The predicted molar refractivity (Wildman–Crippen MR) is 68.0 cm³/mol. The lowest BCUT2D eigenvalue weighted by molar-refractivity contribution is -0.111. The highest BCUT2D eigenvalue weighted by Crippen LogP contribution is 2.29. The number of Topliss-reactive ketones (excluding diaryl/α,β-unsaturated/α-hetero) is 2. The summed E-state index contributed by atoms with van der Waals surface area (Å²) in [5.74, 6) is -0.861. The molecular formula is C15H14O2. The van der Waals surface area contributed by atoms with Crippen LogP contribution in [0.15, 0.2) is 29.9 Å². The van der Waals surface area contributed by atoms with E-state index in [9.17, 15) is 9.59 Å². The van der Waals surface area contributed by atoms with Crippen molar-refractivity contribution in [2.75, 3.05) is 0 Å².